The lowest BCUT2D eigenvalue weighted by Crippen LogP contribution is -3.00. The molecule has 2 heteroatoms. The van der Waals surface area contributed by atoms with E-state index in [0.717, 1.165) is 0 Å². The maximum atomic E-state index is 2.57. The first kappa shape index (κ1) is 30.4. The second kappa shape index (κ2) is 29.5. The van der Waals surface area contributed by atoms with Gasteiger partial charge in [0.2, 0.25) is 0 Å². The zero-order valence-electron chi connectivity index (χ0n) is 19.9. The number of hydrogen-bond acceptors (Lipinski definition) is 0. The van der Waals surface area contributed by atoms with E-state index in [0.29, 0.717) is 0 Å². The molecule has 2 N–H and O–H groups in total. The fraction of sp³-hybridized carbons (Fsp3) is 1.00. The quantitative estimate of drug-likeness (QED) is 0.208. The van der Waals surface area contributed by atoms with Gasteiger partial charge in [-0.05, 0) is 25.7 Å². The van der Waals surface area contributed by atoms with Crippen LogP contribution < -0.4 is 17.7 Å². The third-order valence-electron chi connectivity index (χ3n) is 6.02. The predicted octanol–water partition coefficient (Wildman–Crippen LogP) is 5.18. The Balaban J connectivity index is 0. The molecule has 0 spiro atoms. The summed E-state index contributed by atoms with van der Waals surface area (Å²) in [6.45, 7) is 7.34. The first-order valence-electron chi connectivity index (χ1n) is 13.2. The van der Waals surface area contributed by atoms with Gasteiger partial charge in [-0.15, -0.1) is 0 Å². The van der Waals surface area contributed by atoms with E-state index >= 15 is 0 Å². The van der Waals surface area contributed by atoms with Gasteiger partial charge in [0, 0.05) is 0 Å². The van der Waals surface area contributed by atoms with Crippen molar-refractivity contribution in [1.82, 2.24) is 0 Å². The van der Waals surface area contributed by atoms with Crippen LogP contribution in [0.1, 0.15) is 155 Å². The molecule has 0 radical (unpaired) electrons. The molecule has 0 fully saturated rings. The first-order valence-corrected chi connectivity index (χ1v) is 13.2. The maximum Gasteiger partial charge on any atom is 0.0755 e. The number of halogens is 1. The van der Waals surface area contributed by atoms with Gasteiger partial charge in [0.05, 0.1) is 13.1 Å². The molecule has 0 aromatic carbocycles. The molecule has 0 unspecified atom stereocenters. The largest absolute Gasteiger partial charge is 1.00 e. The molecular formula is C26H56ClN. The summed E-state index contributed by atoms with van der Waals surface area (Å²) in [6.07, 6.45) is 32.1. The summed E-state index contributed by atoms with van der Waals surface area (Å²) < 4.78 is 0. The van der Waals surface area contributed by atoms with Gasteiger partial charge in [0.15, 0.2) is 0 Å². The fourth-order valence-electron chi connectivity index (χ4n) is 4.05. The molecule has 1 nitrogen and oxygen atoms in total. The lowest BCUT2D eigenvalue weighted by atomic mass is 10.1. The summed E-state index contributed by atoms with van der Waals surface area (Å²) in [5, 5.41) is 2.57. The minimum absolute atomic E-state index is 0. The monoisotopic (exact) mass is 417 g/mol. The zero-order valence-corrected chi connectivity index (χ0v) is 20.7. The number of quaternary nitrogens is 1. The zero-order chi connectivity index (χ0) is 19.7. The van der Waals surface area contributed by atoms with Crippen LogP contribution in [0.25, 0.3) is 0 Å². The SMILES string of the molecule is CCCCCCCCCCCCC[NH2+]CCCCCCCCCCCCC.[Cl-]. The van der Waals surface area contributed by atoms with Gasteiger partial charge >= 0.3 is 0 Å². The second-order valence-electron chi connectivity index (χ2n) is 8.94. The van der Waals surface area contributed by atoms with E-state index in [9.17, 15) is 0 Å². The van der Waals surface area contributed by atoms with E-state index in [1.165, 1.54) is 154 Å². The van der Waals surface area contributed by atoms with Crippen molar-refractivity contribution in [3.8, 4) is 0 Å². The topological polar surface area (TPSA) is 16.6 Å². The Morgan fingerprint density at radius 2 is 0.536 bits per heavy atom. The molecule has 0 atom stereocenters. The molecule has 172 valence electrons. The Hall–Kier alpha value is 0.250. The van der Waals surface area contributed by atoms with Gasteiger partial charge in [-0.25, -0.2) is 0 Å². The van der Waals surface area contributed by atoms with E-state index in [2.05, 4.69) is 19.2 Å². The lowest BCUT2D eigenvalue weighted by molar-refractivity contribution is -0.655. The van der Waals surface area contributed by atoms with Crippen LogP contribution >= 0.6 is 0 Å². The third-order valence-corrected chi connectivity index (χ3v) is 6.02. The van der Waals surface area contributed by atoms with Crippen LogP contribution in [0.4, 0.5) is 0 Å². The second-order valence-corrected chi connectivity index (χ2v) is 8.94. The van der Waals surface area contributed by atoms with Crippen LogP contribution in [0.2, 0.25) is 0 Å². The number of rotatable bonds is 24. The van der Waals surface area contributed by atoms with Gasteiger partial charge in [0.25, 0.3) is 0 Å². The van der Waals surface area contributed by atoms with E-state index < -0.39 is 0 Å². The highest BCUT2D eigenvalue weighted by atomic mass is 35.5. The van der Waals surface area contributed by atoms with Crippen LogP contribution in [-0.2, 0) is 0 Å². The van der Waals surface area contributed by atoms with Crippen LogP contribution in [0.3, 0.4) is 0 Å². The number of hydrogen-bond donors (Lipinski definition) is 1. The Morgan fingerprint density at radius 3 is 0.786 bits per heavy atom. The predicted molar refractivity (Wildman–Crippen MR) is 125 cm³/mol. The molecule has 0 rings (SSSR count). The normalized spacial score (nSPS) is 10.9. The summed E-state index contributed by atoms with van der Waals surface area (Å²) in [4.78, 5) is 0. The van der Waals surface area contributed by atoms with Gasteiger partial charge in [0.1, 0.15) is 0 Å². The summed E-state index contributed by atoms with van der Waals surface area (Å²) in [5.41, 5.74) is 0. The summed E-state index contributed by atoms with van der Waals surface area (Å²) in [7, 11) is 0. The van der Waals surface area contributed by atoms with Crippen molar-refractivity contribution >= 4 is 0 Å². The molecular weight excluding hydrogens is 362 g/mol. The van der Waals surface area contributed by atoms with Crippen molar-refractivity contribution in [2.24, 2.45) is 0 Å². The molecule has 0 aliphatic carbocycles. The van der Waals surface area contributed by atoms with Gasteiger partial charge in [-0.1, -0.05) is 129 Å². The van der Waals surface area contributed by atoms with Gasteiger partial charge in [-0.3, -0.25) is 0 Å². The number of nitrogens with two attached hydrogens (primary N) is 1. The smallest absolute Gasteiger partial charge is 0.0755 e. The maximum absolute atomic E-state index is 2.57. The van der Waals surface area contributed by atoms with Crippen LogP contribution in [0.5, 0.6) is 0 Å². The third kappa shape index (κ3) is 28.5. The Bertz CT molecular complexity index is 221. The summed E-state index contributed by atoms with van der Waals surface area (Å²) in [5.74, 6) is 0. The minimum atomic E-state index is 0. The molecule has 0 saturated carbocycles. The molecule has 0 amide bonds. The molecule has 28 heavy (non-hydrogen) atoms. The number of unbranched alkanes of at least 4 members (excludes halogenated alkanes) is 20. The first-order chi connectivity index (χ1) is 13.4. The Morgan fingerprint density at radius 1 is 0.321 bits per heavy atom. The fourth-order valence-corrected chi connectivity index (χ4v) is 4.05. The van der Waals surface area contributed by atoms with Crippen molar-refractivity contribution < 1.29 is 17.7 Å². The van der Waals surface area contributed by atoms with Crippen LogP contribution in [0.15, 0.2) is 0 Å². The highest BCUT2D eigenvalue weighted by Gasteiger charge is 1.96. The van der Waals surface area contributed by atoms with E-state index in [-0.39, 0.29) is 12.4 Å². The molecule has 0 aromatic heterocycles. The van der Waals surface area contributed by atoms with Crippen molar-refractivity contribution in [2.75, 3.05) is 13.1 Å². The van der Waals surface area contributed by atoms with E-state index in [1.807, 2.05) is 0 Å². The Kier molecular flexibility index (Phi) is 32.0. The average Bonchev–Trinajstić information content (AvgIpc) is 2.68. The minimum Gasteiger partial charge on any atom is -1.00 e. The van der Waals surface area contributed by atoms with Crippen molar-refractivity contribution in [3.63, 3.8) is 0 Å². The summed E-state index contributed by atoms with van der Waals surface area (Å²) in [6, 6.07) is 0. The van der Waals surface area contributed by atoms with E-state index in [4.69, 9.17) is 0 Å². The lowest BCUT2D eigenvalue weighted by Gasteiger charge is -2.04. The standard InChI is InChI=1S/C26H55N.ClH/c1-3-5-7-9-11-13-15-17-19-21-23-25-27-26-24-22-20-18-16-14-12-10-8-6-4-2;/h27H,3-26H2,1-2H3;1H. The molecule has 0 aliphatic rings. The van der Waals surface area contributed by atoms with Crippen molar-refractivity contribution in [3.05, 3.63) is 0 Å². The average molecular weight is 418 g/mol. The van der Waals surface area contributed by atoms with Crippen LogP contribution in [-0.4, -0.2) is 13.1 Å². The van der Waals surface area contributed by atoms with Crippen molar-refractivity contribution in [2.45, 2.75) is 155 Å². The highest BCUT2D eigenvalue weighted by molar-refractivity contribution is 4.49. The van der Waals surface area contributed by atoms with Gasteiger partial charge < -0.3 is 17.7 Å². The van der Waals surface area contributed by atoms with Crippen LogP contribution in [0, 0.1) is 0 Å². The molecule has 0 heterocycles. The molecule has 0 aromatic rings. The molecule has 0 saturated heterocycles. The molecule has 0 aliphatic heterocycles. The summed E-state index contributed by atoms with van der Waals surface area (Å²) >= 11 is 0. The Labute approximate surface area is 186 Å². The van der Waals surface area contributed by atoms with E-state index in [1.54, 1.807) is 0 Å². The molecule has 0 bridgehead atoms. The van der Waals surface area contributed by atoms with Gasteiger partial charge in [-0.2, -0.15) is 0 Å². The highest BCUT2D eigenvalue weighted by Crippen LogP contribution is 2.12. The van der Waals surface area contributed by atoms with Crippen molar-refractivity contribution in [1.29, 1.82) is 0 Å².